The highest BCUT2D eigenvalue weighted by Gasteiger charge is 2.32. The number of thioether (sulfide) groups is 1. The van der Waals surface area contributed by atoms with Gasteiger partial charge in [-0.25, -0.2) is 4.39 Å². The smallest absolute Gasteiger partial charge is 0.227 e. The summed E-state index contributed by atoms with van der Waals surface area (Å²) in [7, 11) is 0. The molecule has 19 heavy (non-hydrogen) atoms. The minimum Gasteiger partial charge on any atom is -0.311 e. The van der Waals surface area contributed by atoms with E-state index in [2.05, 4.69) is 15.9 Å². The summed E-state index contributed by atoms with van der Waals surface area (Å²) in [6.07, 6.45) is 0.406. The Balaban J connectivity index is 2.11. The first kappa shape index (κ1) is 14.5. The van der Waals surface area contributed by atoms with Crippen molar-refractivity contribution in [2.45, 2.75) is 13.3 Å². The highest BCUT2D eigenvalue weighted by molar-refractivity contribution is 9.10. The van der Waals surface area contributed by atoms with E-state index in [0.717, 1.165) is 0 Å². The largest absolute Gasteiger partial charge is 0.311 e. The monoisotopic (exact) mass is 345 g/mol. The number of benzene rings is 1. The number of carbonyl (C=O) groups excluding carboxylic acids is 2. The van der Waals surface area contributed by atoms with Crippen LogP contribution in [0.2, 0.25) is 0 Å². The number of rotatable bonds is 3. The van der Waals surface area contributed by atoms with Gasteiger partial charge in [0.05, 0.1) is 10.2 Å². The van der Waals surface area contributed by atoms with Gasteiger partial charge in [-0.15, -0.1) is 0 Å². The molecule has 0 radical (unpaired) electrons. The van der Waals surface area contributed by atoms with Gasteiger partial charge in [-0.05, 0) is 34.0 Å². The van der Waals surface area contributed by atoms with Gasteiger partial charge in [0.1, 0.15) is 5.82 Å². The maximum Gasteiger partial charge on any atom is 0.227 e. The number of hydrogen-bond donors (Lipinski definition) is 0. The van der Waals surface area contributed by atoms with Crippen molar-refractivity contribution in [3.8, 4) is 0 Å². The lowest BCUT2D eigenvalue weighted by Crippen LogP contribution is -2.25. The summed E-state index contributed by atoms with van der Waals surface area (Å²) in [6, 6.07) is 4.64. The molecule has 0 aromatic heterocycles. The van der Waals surface area contributed by atoms with Crippen molar-refractivity contribution in [3.05, 3.63) is 28.5 Å². The Bertz CT molecular complexity index is 523. The number of hydrogen-bond acceptors (Lipinski definition) is 3. The fourth-order valence-electron chi connectivity index (χ4n) is 2.06. The fourth-order valence-corrected chi connectivity index (χ4v) is 3.23. The molecule has 1 aliphatic rings. The number of carbonyl (C=O) groups is 2. The number of nitrogens with zero attached hydrogens (tertiary/aromatic N) is 1. The van der Waals surface area contributed by atoms with Crippen molar-refractivity contribution < 1.29 is 14.0 Å². The van der Waals surface area contributed by atoms with E-state index >= 15 is 0 Å². The van der Waals surface area contributed by atoms with Gasteiger partial charge in [-0.3, -0.25) is 9.59 Å². The molecule has 3 nitrogen and oxygen atoms in total. The molecule has 6 heteroatoms. The minimum absolute atomic E-state index is 0.0274. The maximum atomic E-state index is 13.5. The quantitative estimate of drug-likeness (QED) is 0.843. The summed E-state index contributed by atoms with van der Waals surface area (Å²) >= 11 is 4.40. The van der Waals surface area contributed by atoms with Crippen molar-refractivity contribution in [1.82, 2.24) is 0 Å². The summed E-state index contributed by atoms with van der Waals surface area (Å²) in [5, 5.41) is 0.0536. The standard InChI is InChI=1S/C13H13BrFNO2S/c1-8(17)19-7-9-5-12(18)16(6-9)11-4-2-3-10(15)13(11)14/h2-4,9H,5-7H2,1H3. The van der Waals surface area contributed by atoms with E-state index in [0.29, 0.717) is 28.9 Å². The summed E-state index contributed by atoms with van der Waals surface area (Å²) in [4.78, 5) is 24.5. The Kier molecular flexibility index (Phi) is 4.62. The van der Waals surface area contributed by atoms with E-state index in [1.54, 1.807) is 17.0 Å². The SMILES string of the molecule is CC(=O)SCC1CC(=O)N(c2cccc(F)c2Br)C1. The van der Waals surface area contributed by atoms with Crippen LogP contribution < -0.4 is 4.90 Å². The third kappa shape index (κ3) is 3.36. The molecule has 102 valence electrons. The van der Waals surface area contributed by atoms with Gasteiger partial charge in [0.2, 0.25) is 5.91 Å². The lowest BCUT2D eigenvalue weighted by atomic mass is 10.1. The number of anilines is 1. The number of amides is 1. The predicted molar refractivity (Wildman–Crippen MR) is 77.7 cm³/mol. The van der Waals surface area contributed by atoms with E-state index < -0.39 is 0 Å². The van der Waals surface area contributed by atoms with Crippen molar-refractivity contribution in [2.75, 3.05) is 17.2 Å². The zero-order chi connectivity index (χ0) is 14.0. The van der Waals surface area contributed by atoms with Crippen LogP contribution in [-0.2, 0) is 9.59 Å². The fraction of sp³-hybridized carbons (Fsp3) is 0.385. The van der Waals surface area contributed by atoms with Crippen LogP contribution in [0, 0.1) is 11.7 Å². The van der Waals surface area contributed by atoms with Crippen LogP contribution in [0.25, 0.3) is 0 Å². The molecule has 1 atom stereocenters. The van der Waals surface area contributed by atoms with Gasteiger partial charge in [0.15, 0.2) is 5.12 Å². The second kappa shape index (κ2) is 6.05. The first-order valence-electron chi connectivity index (χ1n) is 5.86. The van der Waals surface area contributed by atoms with Crippen LogP contribution in [0.15, 0.2) is 22.7 Å². The molecule has 1 aromatic carbocycles. The molecule has 0 spiro atoms. The Hall–Kier alpha value is -0.880. The topological polar surface area (TPSA) is 37.4 Å². The first-order valence-corrected chi connectivity index (χ1v) is 7.64. The van der Waals surface area contributed by atoms with Crippen molar-refractivity contribution in [2.24, 2.45) is 5.92 Å². The van der Waals surface area contributed by atoms with E-state index in [1.807, 2.05) is 0 Å². The van der Waals surface area contributed by atoms with Crippen LogP contribution in [-0.4, -0.2) is 23.3 Å². The molecule has 1 aliphatic heterocycles. The molecule has 1 aromatic rings. The summed E-state index contributed by atoms with van der Waals surface area (Å²) in [6.45, 7) is 2.05. The van der Waals surface area contributed by atoms with Gasteiger partial charge < -0.3 is 4.90 Å². The molecular formula is C13H13BrFNO2S. The van der Waals surface area contributed by atoms with E-state index in [9.17, 15) is 14.0 Å². The van der Waals surface area contributed by atoms with Gasteiger partial charge in [-0.1, -0.05) is 17.8 Å². The Morgan fingerprint density at radius 2 is 2.32 bits per heavy atom. The molecule has 2 rings (SSSR count). The first-order chi connectivity index (χ1) is 8.99. The van der Waals surface area contributed by atoms with E-state index in [-0.39, 0.29) is 22.8 Å². The van der Waals surface area contributed by atoms with Crippen LogP contribution in [0.1, 0.15) is 13.3 Å². The zero-order valence-electron chi connectivity index (χ0n) is 10.4. The highest BCUT2D eigenvalue weighted by Crippen LogP contribution is 2.33. The molecule has 1 fully saturated rings. The van der Waals surface area contributed by atoms with Gasteiger partial charge >= 0.3 is 0 Å². The zero-order valence-corrected chi connectivity index (χ0v) is 12.8. The Morgan fingerprint density at radius 1 is 1.58 bits per heavy atom. The van der Waals surface area contributed by atoms with Crippen LogP contribution >= 0.6 is 27.7 Å². The molecule has 0 aliphatic carbocycles. The lowest BCUT2D eigenvalue weighted by Gasteiger charge is -2.18. The molecule has 0 saturated carbocycles. The molecule has 0 bridgehead atoms. The summed E-state index contributed by atoms with van der Waals surface area (Å²) < 4.78 is 13.8. The third-order valence-electron chi connectivity index (χ3n) is 2.95. The van der Waals surface area contributed by atoms with Crippen molar-refractivity contribution in [3.63, 3.8) is 0 Å². The minimum atomic E-state index is -0.383. The molecule has 1 saturated heterocycles. The average Bonchev–Trinajstić information content (AvgIpc) is 2.71. The molecule has 1 heterocycles. The summed E-state index contributed by atoms with van der Waals surface area (Å²) in [5.74, 6) is 0.355. The maximum absolute atomic E-state index is 13.5. The second-order valence-electron chi connectivity index (χ2n) is 4.45. The highest BCUT2D eigenvalue weighted by atomic mass is 79.9. The molecule has 0 N–H and O–H groups in total. The molecule has 1 amide bonds. The lowest BCUT2D eigenvalue weighted by molar-refractivity contribution is -0.117. The normalized spacial score (nSPS) is 19.0. The van der Waals surface area contributed by atoms with E-state index in [4.69, 9.17) is 0 Å². The summed E-state index contributed by atoms with van der Waals surface area (Å²) in [5.41, 5.74) is 0.556. The second-order valence-corrected chi connectivity index (χ2v) is 6.44. The van der Waals surface area contributed by atoms with Crippen molar-refractivity contribution >= 4 is 44.4 Å². The van der Waals surface area contributed by atoms with E-state index in [1.165, 1.54) is 24.8 Å². The van der Waals surface area contributed by atoms with Gasteiger partial charge in [0.25, 0.3) is 0 Å². The molecular weight excluding hydrogens is 333 g/mol. The third-order valence-corrected chi connectivity index (χ3v) is 4.78. The van der Waals surface area contributed by atoms with Gasteiger partial charge in [0, 0.05) is 25.6 Å². The van der Waals surface area contributed by atoms with Gasteiger partial charge in [-0.2, -0.15) is 0 Å². The predicted octanol–water partition coefficient (Wildman–Crippen LogP) is 3.22. The van der Waals surface area contributed by atoms with Crippen LogP contribution in [0.3, 0.4) is 0 Å². The van der Waals surface area contributed by atoms with Crippen LogP contribution in [0.5, 0.6) is 0 Å². The Labute approximate surface area is 123 Å². The Morgan fingerprint density at radius 3 is 3.00 bits per heavy atom. The number of halogens is 2. The average molecular weight is 346 g/mol. The van der Waals surface area contributed by atoms with Crippen LogP contribution in [0.4, 0.5) is 10.1 Å². The molecule has 1 unspecified atom stereocenters. The van der Waals surface area contributed by atoms with Crippen molar-refractivity contribution in [1.29, 1.82) is 0 Å².